The molecule has 1 aromatic rings. The third-order valence-corrected chi connectivity index (χ3v) is 3.82. The second kappa shape index (κ2) is 6.13. The minimum Gasteiger partial charge on any atom is -0.479 e. The maximum atomic E-state index is 12.3. The minimum absolute atomic E-state index is 0.256. The Morgan fingerprint density at radius 3 is 2.67 bits per heavy atom. The molecule has 2 N–H and O–H groups in total. The molecule has 0 aromatic carbocycles. The Balaban J connectivity index is 2.04. The number of likely N-dealkylation sites (N-methyl/N-ethyl adjacent to an activating group) is 1. The molecule has 1 fully saturated rings. The van der Waals surface area contributed by atoms with Crippen molar-refractivity contribution < 1.29 is 14.7 Å². The van der Waals surface area contributed by atoms with Crippen molar-refractivity contribution in [3.05, 3.63) is 18.0 Å². The fraction of sp³-hybridized carbons (Fsp3) is 0.615. The third kappa shape index (κ3) is 3.52. The number of aryl methyl sites for hydroxylation is 1. The van der Waals surface area contributed by atoms with E-state index in [1.54, 1.807) is 18.1 Å². The number of carboxylic acids is 1. The van der Waals surface area contributed by atoms with E-state index in [4.69, 9.17) is 0 Å². The van der Waals surface area contributed by atoms with Gasteiger partial charge in [0.25, 0.3) is 0 Å². The molecule has 116 valence electrons. The average molecular weight is 295 g/mol. The standard InChI is InChI=1S/C13H21N5O3/c1-9-7-18(5-4-16(9)2)13(21)15-11(12(19)20)10-6-14-17(3)8-10/h6,8-9,11H,4-5,7H2,1-3H3,(H,15,21)(H,19,20). The zero-order valence-corrected chi connectivity index (χ0v) is 12.5. The fourth-order valence-electron chi connectivity index (χ4n) is 2.32. The van der Waals surface area contributed by atoms with Crippen LogP contribution in [-0.4, -0.2) is 69.4 Å². The van der Waals surface area contributed by atoms with Gasteiger partial charge in [0, 0.05) is 44.5 Å². The Hall–Kier alpha value is -2.09. The van der Waals surface area contributed by atoms with Gasteiger partial charge in [-0.15, -0.1) is 0 Å². The molecule has 0 aliphatic carbocycles. The Bertz CT molecular complexity index is 530. The number of carbonyl (C=O) groups excluding carboxylic acids is 1. The first-order valence-electron chi connectivity index (χ1n) is 6.85. The predicted molar refractivity (Wildman–Crippen MR) is 75.8 cm³/mol. The van der Waals surface area contributed by atoms with Crippen LogP contribution in [0.1, 0.15) is 18.5 Å². The van der Waals surface area contributed by atoms with Crippen LogP contribution < -0.4 is 5.32 Å². The molecule has 1 saturated heterocycles. The number of nitrogens with one attached hydrogen (secondary N) is 1. The summed E-state index contributed by atoms with van der Waals surface area (Å²) in [6, 6.07) is -1.18. The van der Waals surface area contributed by atoms with Crippen LogP contribution in [0.15, 0.2) is 12.4 Å². The highest BCUT2D eigenvalue weighted by atomic mass is 16.4. The van der Waals surface area contributed by atoms with Crippen LogP contribution in [0.4, 0.5) is 4.79 Å². The summed E-state index contributed by atoms with van der Waals surface area (Å²) in [7, 11) is 3.71. The SMILES string of the molecule is CC1CN(C(=O)NC(C(=O)O)c2cnn(C)c2)CCN1C. The summed E-state index contributed by atoms with van der Waals surface area (Å²) in [5.41, 5.74) is 0.459. The molecule has 2 heterocycles. The lowest BCUT2D eigenvalue weighted by atomic mass is 10.1. The van der Waals surface area contributed by atoms with Crippen LogP contribution in [0.25, 0.3) is 0 Å². The summed E-state index contributed by atoms with van der Waals surface area (Å²) >= 11 is 0. The summed E-state index contributed by atoms with van der Waals surface area (Å²) in [6.45, 7) is 3.99. The molecular weight excluding hydrogens is 274 g/mol. The number of carbonyl (C=O) groups is 2. The van der Waals surface area contributed by atoms with E-state index < -0.39 is 12.0 Å². The van der Waals surface area contributed by atoms with Gasteiger partial charge in [0.15, 0.2) is 6.04 Å². The molecule has 1 aliphatic heterocycles. The van der Waals surface area contributed by atoms with Gasteiger partial charge >= 0.3 is 12.0 Å². The Kier molecular flexibility index (Phi) is 4.46. The number of hydrogen-bond donors (Lipinski definition) is 2. The first-order chi connectivity index (χ1) is 9.88. The summed E-state index contributed by atoms with van der Waals surface area (Å²) in [5.74, 6) is -1.10. The lowest BCUT2D eigenvalue weighted by molar-refractivity contribution is -0.139. The Labute approximate surface area is 123 Å². The summed E-state index contributed by atoms with van der Waals surface area (Å²) in [4.78, 5) is 27.4. The number of amides is 2. The van der Waals surface area contributed by atoms with Crippen molar-refractivity contribution in [3.8, 4) is 0 Å². The second-order valence-corrected chi connectivity index (χ2v) is 5.44. The molecule has 1 aromatic heterocycles. The molecule has 0 saturated carbocycles. The normalized spacial score (nSPS) is 21.1. The summed E-state index contributed by atoms with van der Waals surface area (Å²) in [5, 5.41) is 15.8. The molecule has 1 aliphatic rings. The van der Waals surface area contributed by atoms with Crippen LogP contribution in [0.2, 0.25) is 0 Å². The van der Waals surface area contributed by atoms with Crippen LogP contribution in [-0.2, 0) is 11.8 Å². The number of rotatable bonds is 3. The van der Waals surface area contributed by atoms with Crippen molar-refractivity contribution in [2.45, 2.75) is 19.0 Å². The zero-order chi connectivity index (χ0) is 15.6. The molecule has 2 rings (SSSR count). The molecule has 8 nitrogen and oxygen atoms in total. The molecule has 8 heteroatoms. The van der Waals surface area contributed by atoms with Crippen LogP contribution in [0.5, 0.6) is 0 Å². The summed E-state index contributed by atoms with van der Waals surface area (Å²) < 4.78 is 1.51. The molecule has 2 atom stereocenters. The number of hydrogen-bond acceptors (Lipinski definition) is 4. The largest absolute Gasteiger partial charge is 0.479 e. The monoisotopic (exact) mass is 295 g/mol. The number of aromatic nitrogens is 2. The van der Waals surface area contributed by atoms with Gasteiger partial charge in [-0.25, -0.2) is 9.59 Å². The lowest BCUT2D eigenvalue weighted by Gasteiger charge is -2.37. The van der Waals surface area contributed by atoms with Gasteiger partial charge in [0.05, 0.1) is 6.20 Å². The van der Waals surface area contributed by atoms with Crippen molar-refractivity contribution in [3.63, 3.8) is 0 Å². The zero-order valence-electron chi connectivity index (χ0n) is 12.5. The summed E-state index contributed by atoms with van der Waals surface area (Å²) in [6.07, 6.45) is 3.04. The lowest BCUT2D eigenvalue weighted by Crippen LogP contribution is -2.55. The topological polar surface area (TPSA) is 90.7 Å². The van der Waals surface area contributed by atoms with E-state index in [1.807, 2.05) is 14.0 Å². The van der Waals surface area contributed by atoms with Crippen molar-refractivity contribution in [2.24, 2.45) is 7.05 Å². The van der Waals surface area contributed by atoms with Crippen LogP contribution in [0, 0.1) is 0 Å². The number of urea groups is 1. The second-order valence-electron chi connectivity index (χ2n) is 5.44. The number of aliphatic carboxylic acids is 1. The highest BCUT2D eigenvalue weighted by Gasteiger charge is 2.29. The molecular formula is C13H21N5O3. The van der Waals surface area contributed by atoms with Gasteiger partial charge in [-0.3, -0.25) is 4.68 Å². The van der Waals surface area contributed by atoms with E-state index >= 15 is 0 Å². The van der Waals surface area contributed by atoms with Crippen molar-refractivity contribution in [2.75, 3.05) is 26.7 Å². The molecule has 0 radical (unpaired) electrons. The van der Waals surface area contributed by atoms with Crippen LogP contribution in [0.3, 0.4) is 0 Å². The van der Waals surface area contributed by atoms with Crippen molar-refractivity contribution in [1.29, 1.82) is 0 Å². The molecule has 2 amide bonds. The highest BCUT2D eigenvalue weighted by Crippen LogP contribution is 2.14. The smallest absolute Gasteiger partial charge is 0.331 e. The first kappa shape index (κ1) is 15.3. The van der Waals surface area contributed by atoms with Gasteiger partial charge in [-0.05, 0) is 14.0 Å². The van der Waals surface area contributed by atoms with Gasteiger partial charge < -0.3 is 20.2 Å². The van der Waals surface area contributed by atoms with Crippen LogP contribution >= 0.6 is 0 Å². The Morgan fingerprint density at radius 2 is 2.14 bits per heavy atom. The number of piperazine rings is 1. The quantitative estimate of drug-likeness (QED) is 0.812. The Morgan fingerprint density at radius 1 is 1.43 bits per heavy atom. The number of carboxylic acid groups (broad SMARTS) is 1. The minimum atomic E-state index is -1.10. The average Bonchev–Trinajstić information content (AvgIpc) is 2.84. The van der Waals surface area contributed by atoms with E-state index in [0.717, 1.165) is 6.54 Å². The van der Waals surface area contributed by atoms with Crippen molar-refractivity contribution >= 4 is 12.0 Å². The molecule has 0 bridgehead atoms. The van der Waals surface area contributed by atoms with Gasteiger partial charge in [-0.2, -0.15) is 5.10 Å². The predicted octanol–water partition coefficient (Wildman–Crippen LogP) is -0.109. The first-order valence-corrected chi connectivity index (χ1v) is 6.85. The third-order valence-electron chi connectivity index (χ3n) is 3.82. The van der Waals surface area contributed by atoms with Gasteiger partial charge in [0.2, 0.25) is 0 Å². The van der Waals surface area contributed by atoms with Crippen molar-refractivity contribution in [1.82, 2.24) is 24.9 Å². The fourth-order valence-corrected chi connectivity index (χ4v) is 2.32. The maximum Gasteiger partial charge on any atom is 0.331 e. The van der Waals surface area contributed by atoms with E-state index in [2.05, 4.69) is 15.3 Å². The van der Waals surface area contributed by atoms with E-state index in [-0.39, 0.29) is 12.1 Å². The highest BCUT2D eigenvalue weighted by molar-refractivity contribution is 5.83. The molecule has 2 unspecified atom stereocenters. The van der Waals surface area contributed by atoms with Gasteiger partial charge in [-0.1, -0.05) is 0 Å². The number of nitrogens with zero attached hydrogens (tertiary/aromatic N) is 4. The van der Waals surface area contributed by atoms with E-state index in [0.29, 0.717) is 18.7 Å². The van der Waals surface area contributed by atoms with Gasteiger partial charge in [0.1, 0.15) is 0 Å². The van der Waals surface area contributed by atoms with E-state index in [1.165, 1.54) is 10.9 Å². The molecule has 0 spiro atoms. The maximum absolute atomic E-state index is 12.3. The van der Waals surface area contributed by atoms with E-state index in [9.17, 15) is 14.7 Å². The molecule has 21 heavy (non-hydrogen) atoms.